The molecule has 0 unspecified atom stereocenters. The smallest absolute Gasteiger partial charge is 0.139 e. The van der Waals surface area contributed by atoms with Gasteiger partial charge in [-0.25, -0.2) is 4.39 Å². The molecule has 1 aromatic carbocycles. The summed E-state index contributed by atoms with van der Waals surface area (Å²) in [5.41, 5.74) is 2.19. The van der Waals surface area contributed by atoms with E-state index in [1.54, 1.807) is 6.07 Å². The third-order valence-electron chi connectivity index (χ3n) is 2.94. The molecule has 0 N–H and O–H groups in total. The van der Waals surface area contributed by atoms with Crippen LogP contribution in [0.1, 0.15) is 24.8 Å². The highest BCUT2D eigenvalue weighted by atomic mass is 79.9. The molecule has 1 aliphatic rings. The molecule has 0 amide bonds. The minimum atomic E-state index is -0.166. The zero-order chi connectivity index (χ0) is 10.8. The molecule has 1 saturated heterocycles. The Bertz CT molecular complexity index is 359. The summed E-state index contributed by atoms with van der Waals surface area (Å²) in [4.78, 5) is 2.29. The van der Waals surface area contributed by atoms with Crippen molar-refractivity contribution in [2.24, 2.45) is 0 Å². The maximum Gasteiger partial charge on any atom is 0.139 e. The molecule has 1 aromatic rings. The molecule has 0 bridgehead atoms. The van der Waals surface area contributed by atoms with Gasteiger partial charge >= 0.3 is 0 Å². The minimum absolute atomic E-state index is 0.166. The largest absolute Gasteiger partial charge is 0.371 e. The van der Waals surface area contributed by atoms with Crippen LogP contribution in [-0.4, -0.2) is 13.1 Å². The SMILES string of the molecule is Cc1cc(Br)c(F)cc1N1CCCCC1. The van der Waals surface area contributed by atoms with E-state index in [1.807, 2.05) is 13.0 Å². The molecule has 1 aliphatic heterocycles. The number of aryl methyl sites for hydroxylation is 1. The van der Waals surface area contributed by atoms with Crippen LogP contribution in [0.5, 0.6) is 0 Å². The number of hydrogen-bond acceptors (Lipinski definition) is 1. The lowest BCUT2D eigenvalue weighted by molar-refractivity contribution is 0.572. The fraction of sp³-hybridized carbons (Fsp3) is 0.500. The van der Waals surface area contributed by atoms with Crippen LogP contribution in [0, 0.1) is 12.7 Å². The third kappa shape index (κ3) is 2.33. The Morgan fingerprint density at radius 1 is 1.20 bits per heavy atom. The fourth-order valence-electron chi connectivity index (χ4n) is 2.11. The number of anilines is 1. The number of piperidine rings is 1. The van der Waals surface area contributed by atoms with Crippen molar-refractivity contribution in [3.05, 3.63) is 28.0 Å². The second-order valence-electron chi connectivity index (χ2n) is 4.10. The van der Waals surface area contributed by atoms with E-state index >= 15 is 0 Å². The average molecular weight is 272 g/mol. The number of rotatable bonds is 1. The van der Waals surface area contributed by atoms with Crippen molar-refractivity contribution in [3.8, 4) is 0 Å². The quantitative estimate of drug-likeness (QED) is 0.749. The molecule has 1 nitrogen and oxygen atoms in total. The summed E-state index contributed by atoms with van der Waals surface area (Å²) < 4.78 is 14.0. The van der Waals surface area contributed by atoms with Crippen molar-refractivity contribution in [3.63, 3.8) is 0 Å². The molecule has 1 fully saturated rings. The Balaban J connectivity index is 2.30. The summed E-state index contributed by atoms with van der Waals surface area (Å²) in [5, 5.41) is 0. The Morgan fingerprint density at radius 3 is 2.53 bits per heavy atom. The molecule has 0 aromatic heterocycles. The van der Waals surface area contributed by atoms with E-state index in [2.05, 4.69) is 20.8 Å². The van der Waals surface area contributed by atoms with E-state index in [0.717, 1.165) is 24.3 Å². The lowest BCUT2D eigenvalue weighted by atomic mass is 10.1. The summed E-state index contributed by atoms with van der Waals surface area (Å²) in [6, 6.07) is 3.50. The fourth-order valence-corrected chi connectivity index (χ4v) is 2.57. The first-order valence-corrected chi connectivity index (χ1v) is 6.18. The number of nitrogens with zero attached hydrogens (tertiary/aromatic N) is 1. The molecule has 0 saturated carbocycles. The topological polar surface area (TPSA) is 3.24 Å². The Kier molecular flexibility index (Phi) is 3.29. The van der Waals surface area contributed by atoms with Gasteiger partial charge in [0.1, 0.15) is 5.82 Å². The summed E-state index contributed by atoms with van der Waals surface area (Å²) in [5.74, 6) is -0.166. The van der Waals surface area contributed by atoms with Crippen LogP contribution in [0.4, 0.5) is 10.1 Å². The second-order valence-corrected chi connectivity index (χ2v) is 4.95. The molecule has 3 heteroatoms. The van der Waals surface area contributed by atoms with Crippen LogP contribution in [0.3, 0.4) is 0 Å². The first-order chi connectivity index (χ1) is 7.18. The molecular formula is C12H15BrFN. The summed E-state index contributed by atoms with van der Waals surface area (Å²) >= 11 is 3.21. The predicted molar refractivity (Wildman–Crippen MR) is 64.9 cm³/mol. The molecule has 0 spiro atoms. The standard InChI is InChI=1S/C12H15BrFN/c1-9-7-10(13)11(14)8-12(9)15-5-3-2-4-6-15/h7-8H,2-6H2,1H3. The van der Waals surface area contributed by atoms with E-state index < -0.39 is 0 Å². The first-order valence-electron chi connectivity index (χ1n) is 5.39. The molecule has 82 valence electrons. The Hall–Kier alpha value is -0.570. The van der Waals surface area contributed by atoms with Crippen molar-refractivity contribution < 1.29 is 4.39 Å². The lowest BCUT2D eigenvalue weighted by Gasteiger charge is -2.30. The van der Waals surface area contributed by atoms with Crippen molar-refractivity contribution in [2.75, 3.05) is 18.0 Å². The van der Waals surface area contributed by atoms with E-state index in [9.17, 15) is 4.39 Å². The van der Waals surface area contributed by atoms with Crippen LogP contribution in [-0.2, 0) is 0 Å². The zero-order valence-electron chi connectivity index (χ0n) is 8.89. The number of hydrogen-bond donors (Lipinski definition) is 0. The van der Waals surface area contributed by atoms with Crippen molar-refractivity contribution >= 4 is 21.6 Å². The molecule has 15 heavy (non-hydrogen) atoms. The van der Waals surface area contributed by atoms with E-state index in [-0.39, 0.29) is 5.82 Å². The maximum absolute atomic E-state index is 13.4. The van der Waals surface area contributed by atoms with Gasteiger partial charge < -0.3 is 4.90 Å². The maximum atomic E-state index is 13.4. The van der Waals surface area contributed by atoms with Gasteiger partial charge in [-0.3, -0.25) is 0 Å². The predicted octanol–water partition coefficient (Wildman–Crippen LogP) is 3.89. The van der Waals surface area contributed by atoms with Crippen LogP contribution in [0.2, 0.25) is 0 Å². The molecule has 1 heterocycles. The highest BCUT2D eigenvalue weighted by Gasteiger charge is 2.14. The second kappa shape index (κ2) is 4.52. The third-order valence-corrected chi connectivity index (χ3v) is 3.54. The van der Waals surface area contributed by atoms with Crippen molar-refractivity contribution in [1.29, 1.82) is 0 Å². The highest BCUT2D eigenvalue weighted by molar-refractivity contribution is 9.10. The molecular weight excluding hydrogens is 257 g/mol. The average Bonchev–Trinajstić information content (AvgIpc) is 2.25. The van der Waals surface area contributed by atoms with E-state index in [0.29, 0.717) is 4.47 Å². The Morgan fingerprint density at radius 2 is 1.87 bits per heavy atom. The summed E-state index contributed by atoms with van der Waals surface area (Å²) in [6.45, 7) is 4.15. The van der Waals surface area contributed by atoms with E-state index in [1.165, 1.54) is 19.3 Å². The van der Waals surface area contributed by atoms with Gasteiger partial charge in [-0.2, -0.15) is 0 Å². The van der Waals surface area contributed by atoms with Crippen LogP contribution in [0.15, 0.2) is 16.6 Å². The van der Waals surface area contributed by atoms with Gasteiger partial charge in [0.25, 0.3) is 0 Å². The molecule has 0 atom stereocenters. The first kappa shape index (κ1) is 10.9. The van der Waals surface area contributed by atoms with Gasteiger partial charge in [0, 0.05) is 18.8 Å². The van der Waals surface area contributed by atoms with Gasteiger partial charge in [-0.05, 0) is 59.8 Å². The summed E-state index contributed by atoms with van der Waals surface area (Å²) in [6.07, 6.45) is 3.74. The van der Waals surface area contributed by atoms with Crippen LogP contribution >= 0.6 is 15.9 Å². The number of benzene rings is 1. The molecule has 2 rings (SSSR count). The molecule has 0 aliphatic carbocycles. The Labute approximate surface area is 98.4 Å². The minimum Gasteiger partial charge on any atom is -0.371 e. The zero-order valence-corrected chi connectivity index (χ0v) is 10.5. The van der Waals surface area contributed by atoms with Crippen molar-refractivity contribution in [1.82, 2.24) is 0 Å². The summed E-state index contributed by atoms with van der Waals surface area (Å²) in [7, 11) is 0. The van der Waals surface area contributed by atoms with Crippen LogP contribution < -0.4 is 4.90 Å². The van der Waals surface area contributed by atoms with E-state index in [4.69, 9.17) is 0 Å². The van der Waals surface area contributed by atoms with Crippen LogP contribution in [0.25, 0.3) is 0 Å². The van der Waals surface area contributed by atoms with Gasteiger partial charge in [-0.15, -0.1) is 0 Å². The van der Waals surface area contributed by atoms with Gasteiger partial charge in [0.05, 0.1) is 4.47 Å². The highest BCUT2D eigenvalue weighted by Crippen LogP contribution is 2.28. The number of halogens is 2. The van der Waals surface area contributed by atoms with Gasteiger partial charge in [0.15, 0.2) is 0 Å². The monoisotopic (exact) mass is 271 g/mol. The lowest BCUT2D eigenvalue weighted by Crippen LogP contribution is -2.30. The molecule has 0 radical (unpaired) electrons. The van der Waals surface area contributed by atoms with Crippen molar-refractivity contribution in [2.45, 2.75) is 26.2 Å². The van der Waals surface area contributed by atoms with Gasteiger partial charge in [0.2, 0.25) is 0 Å². The van der Waals surface area contributed by atoms with Gasteiger partial charge in [-0.1, -0.05) is 0 Å². The normalized spacial score (nSPS) is 16.9.